The molecule has 1 heterocycles. The summed E-state index contributed by atoms with van der Waals surface area (Å²) >= 11 is 5.81. The van der Waals surface area contributed by atoms with Crippen molar-refractivity contribution in [3.8, 4) is 5.75 Å². The molecule has 1 aromatic rings. The fourth-order valence-electron chi connectivity index (χ4n) is 1.76. The Hall–Kier alpha value is -1.26. The number of carboxylic acids is 1. The Kier molecular flexibility index (Phi) is 3.31. The number of halogens is 1. The van der Waals surface area contributed by atoms with Crippen molar-refractivity contribution in [3.05, 3.63) is 29.3 Å². The summed E-state index contributed by atoms with van der Waals surface area (Å²) in [5, 5.41) is 11.0. The van der Waals surface area contributed by atoms with Gasteiger partial charge in [0.05, 0.1) is 0 Å². The summed E-state index contributed by atoms with van der Waals surface area (Å²) in [7, 11) is 0. The molecule has 1 saturated heterocycles. The van der Waals surface area contributed by atoms with Gasteiger partial charge in [0.1, 0.15) is 11.8 Å². The van der Waals surface area contributed by atoms with Crippen molar-refractivity contribution >= 4 is 17.6 Å². The standard InChI is InChI=1S/C11H12ClNO3/c12-8-3-1-4-9(7-8)16-13-6-2-5-10(13)11(14)15/h1,3-4,7,10H,2,5-6H2,(H,14,15)/t10-/m0/s1. The minimum absolute atomic E-state index is 0.556. The molecule has 1 atom stereocenters. The van der Waals surface area contributed by atoms with Crippen molar-refractivity contribution in [2.45, 2.75) is 18.9 Å². The summed E-state index contributed by atoms with van der Waals surface area (Å²) in [4.78, 5) is 16.4. The van der Waals surface area contributed by atoms with Crippen LogP contribution in [0.1, 0.15) is 12.8 Å². The van der Waals surface area contributed by atoms with Crippen molar-refractivity contribution in [2.24, 2.45) is 0 Å². The maximum absolute atomic E-state index is 10.9. The Balaban J connectivity index is 2.06. The highest BCUT2D eigenvalue weighted by molar-refractivity contribution is 6.30. The number of carbonyl (C=O) groups is 1. The van der Waals surface area contributed by atoms with Crippen molar-refractivity contribution in [1.29, 1.82) is 0 Å². The number of hydrogen-bond acceptors (Lipinski definition) is 3. The van der Waals surface area contributed by atoms with Crippen LogP contribution in [0.3, 0.4) is 0 Å². The molecule has 0 bridgehead atoms. The fourth-order valence-corrected chi connectivity index (χ4v) is 1.94. The second kappa shape index (κ2) is 4.72. The third kappa shape index (κ3) is 2.46. The van der Waals surface area contributed by atoms with Gasteiger partial charge in [-0.25, -0.2) is 0 Å². The van der Waals surface area contributed by atoms with E-state index in [-0.39, 0.29) is 0 Å². The first-order valence-electron chi connectivity index (χ1n) is 5.10. The summed E-state index contributed by atoms with van der Waals surface area (Å²) < 4.78 is 0. The van der Waals surface area contributed by atoms with Crippen LogP contribution in [0, 0.1) is 0 Å². The number of hydroxylamine groups is 2. The monoisotopic (exact) mass is 241 g/mol. The zero-order valence-electron chi connectivity index (χ0n) is 8.60. The number of benzene rings is 1. The van der Waals surface area contributed by atoms with Crippen molar-refractivity contribution in [3.63, 3.8) is 0 Å². The molecule has 0 amide bonds. The van der Waals surface area contributed by atoms with E-state index in [9.17, 15) is 4.79 Å². The third-order valence-corrected chi connectivity index (χ3v) is 2.74. The maximum Gasteiger partial charge on any atom is 0.324 e. The molecule has 1 N–H and O–H groups in total. The average Bonchev–Trinajstić information content (AvgIpc) is 2.66. The smallest absolute Gasteiger partial charge is 0.324 e. The number of aliphatic carboxylic acids is 1. The minimum Gasteiger partial charge on any atom is -0.480 e. The highest BCUT2D eigenvalue weighted by Crippen LogP contribution is 2.23. The van der Waals surface area contributed by atoms with Crippen LogP contribution >= 0.6 is 11.6 Å². The summed E-state index contributed by atoms with van der Waals surface area (Å²) in [5.41, 5.74) is 0. The molecule has 0 spiro atoms. The molecule has 1 fully saturated rings. The molecule has 5 heteroatoms. The third-order valence-electron chi connectivity index (χ3n) is 2.51. The molecule has 1 aliphatic rings. The highest BCUT2D eigenvalue weighted by atomic mass is 35.5. The van der Waals surface area contributed by atoms with Gasteiger partial charge in [0.25, 0.3) is 0 Å². The Morgan fingerprint density at radius 1 is 1.56 bits per heavy atom. The Morgan fingerprint density at radius 3 is 3.06 bits per heavy atom. The van der Waals surface area contributed by atoms with Crippen LogP contribution in [0.2, 0.25) is 5.02 Å². The quantitative estimate of drug-likeness (QED) is 0.881. The lowest BCUT2D eigenvalue weighted by molar-refractivity contribution is -0.154. The summed E-state index contributed by atoms with van der Waals surface area (Å²) in [5.74, 6) is -0.278. The molecule has 1 aromatic carbocycles. The molecule has 0 saturated carbocycles. The number of carboxylic acid groups (broad SMARTS) is 1. The van der Waals surface area contributed by atoms with Crippen LogP contribution in [-0.2, 0) is 4.79 Å². The van der Waals surface area contributed by atoms with Crippen molar-refractivity contribution < 1.29 is 14.7 Å². The molecule has 2 rings (SSSR count). The number of nitrogens with zero attached hydrogens (tertiary/aromatic N) is 1. The van der Waals surface area contributed by atoms with Gasteiger partial charge in [-0.2, -0.15) is 0 Å². The molecule has 0 radical (unpaired) electrons. The van der Waals surface area contributed by atoms with E-state index in [0.29, 0.717) is 23.7 Å². The zero-order chi connectivity index (χ0) is 11.5. The van der Waals surface area contributed by atoms with E-state index in [1.807, 2.05) is 0 Å². The lowest BCUT2D eigenvalue weighted by Gasteiger charge is -2.21. The van der Waals surface area contributed by atoms with Gasteiger partial charge < -0.3 is 9.94 Å². The maximum atomic E-state index is 10.9. The van der Waals surface area contributed by atoms with Gasteiger partial charge >= 0.3 is 5.97 Å². The van der Waals surface area contributed by atoms with Crippen molar-refractivity contribution in [2.75, 3.05) is 6.54 Å². The first kappa shape index (κ1) is 11.2. The minimum atomic E-state index is -0.848. The second-order valence-corrected chi connectivity index (χ2v) is 4.12. The molecular weight excluding hydrogens is 230 g/mol. The van der Waals surface area contributed by atoms with Crippen LogP contribution in [0.4, 0.5) is 0 Å². The summed E-state index contributed by atoms with van der Waals surface area (Å²) in [6, 6.07) is 6.37. The lowest BCUT2D eigenvalue weighted by Crippen LogP contribution is -2.38. The lowest BCUT2D eigenvalue weighted by atomic mass is 10.2. The molecule has 16 heavy (non-hydrogen) atoms. The van der Waals surface area contributed by atoms with E-state index in [1.54, 1.807) is 24.3 Å². The molecule has 0 unspecified atom stereocenters. The van der Waals surface area contributed by atoms with Crippen molar-refractivity contribution in [1.82, 2.24) is 5.06 Å². The van der Waals surface area contributed by atoms with Crippen LogP contribution in [-0.4, -0.2) is 28.7 Å². The van der Waals surface area contributed by atoms with Crippen LogP contribution in [0.5, 0.6) is 5.75 Å². The molecule has 4 nitrogen and oxygen atoms in total. The predicted molar refractivity (Wildman–Crippen MR) is 59.4 cm³/mol. The SMILES string of the molecule is O=C(O)[C@@H]1CCCN1Oc1cccc(Cl)c1. The first-order chi connectivity index (χ1) is 7.66. The van der Waals surface area contributed by atoms with Crippen LogP contribution in [0.25, 0.3) is 0 Å². The number of rotatable bonds is 3. The van der Waals surface area contributed by atoms with E-state index in [2.05, 4.69) is 0 Å². The fraction of sp³-hybridized carbons (Fsp3) is 0.364. The molecule has 0 aliphatic carbocycles. The van der Waals surface area contributed by atoms with Gasteiger partial charge in [-0.1, -0.05) is 17.7 Å². The normalized spacial score (nSPS) is 20.9. The Labute approximate surface area is 98.3 Å². The first-order valence-corrected chi connectivity index (χ1v) is 5.47. The van der Waals surface area contributed by atoms with Gasteiger partial charge in [0, 0.05) is 17.6 Å². The van der Waals surface area contributed by atoms with Crippen LogP contribution < -0.4 is 4.84 Å². The van der Waals surface area contributed by atoms with E-state index < -0.39 is 12.0 Å². The van der Waals surface area contributed by atoms with E-state index >= 15 is 0 Å². The van der Waals surface area contributed by atoms with Gasteiger partial charge in [0.15, 0.2) is 0 Å². The molecule has 86 valence electrons. The second-order valence-electron chi connectivity index (χ2n) is 3.69. The van der Waals surface area contributed by atoms with Crippen LogP contribution in [0.15, 0.2) is 24.3 Å². The van der Waals surface area contributed by atoms with Gasteiger partial charge in [-0.15, -0.1) is 5.06 Å². The largest absolute Gasteiger partial charge is 0.480 e. The number of hydrogen-bond donors (Lipinski definition) is 1. The summed E-state index contributed by atoms with van der Waals surface area (Å²) in [6.45, 7) is 0.628. The van der Waals surface area contributed by atoms with E-state index in [1.165, 1.54) is 5.06 Å². The Morgan fingerprint density at radius 2 is 2.38 bits per heavy atom. The van der Waals surface area contributed by atoms with Gasteiger partial charge in [0.2, 0.25) is 0 Å². The van der Waals surface area contributed by atoms with Gasteiger partial charge in [-0.3, -0.25) is 4.79 Å². The Bertz CT molecular complexity index is 397. The molecular formula is C11H12ClNO3. The average molecular weight is 242 g/mol. The van der Waals surface area contributed by atoms with E-state index in [0.717, 1.165) is 6.42 Å². The highest BCUT2D eigenvalue weighted by Gasteiger charge is 2.32. The summed E-state index contributed by atoms with van der Waals surface area (Å²) in [6.07, 6.45) is 1.45. The predicted octanol–water partition coefficient (Wildman–Crippen LogP) is 2.18. The molecule has 1 aliphatic heterocycles. The topological polar surface area (TPSA) is 49.8 Å². The van der Waals surface area contributed by atoms with Gasteiger partial charge in [-0.05, 0) is 25.0 Å². The zero-order valence-corrected chi connectivity index (χ0v) is 9.35. The van der Waals surface area contributed by atoms with E-state index in [4.69, 9.17) is 21.5 Å². The molecule has 0 aromatic heterocycles.